The van der Waals surface area contributed by atoms with Crippen molar-refractivity contribution >= 4 is 51.1 Å². The Hall–Kier alpha value is -6.19. The summed E-state index contributed by atoms with van der Waals surface area (Å²) in [7, 11) is 5.42. The van der Waals surface area contributed by atoms with Crippen LogP contribution >= 0.6 is 0 Å². The minimum atomic E-state index is -4.95. The molecule has 16 heteroatoms. The standard InChI is InChI=1S/C35H28F3N5O8/c1-48-22-10-15-9-19(41-26(15)29(50-3)28(22)49-2)31(45)39-17-5-6-18-14(7-17)8-20(40-18)32(46)43-13-16-12-34(16)23(43)11-21(44)27-25(34)24(33(47)51-4)30(42-27)35(36,37)38/h5-11,16,40-42H,12-13H2,1-4H3,(H,39,45)/t16-,34-/m1/s1. The van der Waals surface area contributed by atoms with E-state index in [-0.39, 0.29) is 40.8 Å². The maximum absolute atomic E-state index is 14.0. The quantitative estimate of drug-likeness (QED) is 0.160. The number of carbonyl (C=O) groups is 4. The number of hydrogen-bond acceptors (Lipinski definition) is 8. The summed E-state index contributed by atoms with van der Waals surface area (Å²) in [6.07, 6.45) is -3.42. The fraction of sp³-hybridized carbons (Fsp3) is 0.257. The number of anilines is 1. The van der Waals surface area contributed by atoms with Crippen LogP contribution in [0.1, 0.15) is 59.5 Å². The second-order valence-corrected chi connectivity index (χ2v) is 12.5. The molecule has 0 radical (unpaired) electrons. The molecule has 3 aromatic heterocycles. The molecule has 262 valence electrons. The summed E-state index contributed by atoms with van der Waals surface area (Å²) in [6, 6.07) is 9.97. The molecule has 1 saturated heterocycles. The lowest BCUT2D eigenvalue weighted by Crippen LogP contribution is -2.34. The lowest BCUT2D eigenvalue weighted by atomic mass is 9.82. The Kier molecular flexibility index (Phi) is 6.85. The van der Waals surface area contributed by atoms with E-state index in [9.17, 15) is 32.3 Å². The Bertz CT molecular complexity index is 2400. The third-order valence-electron chi connectivity index (χ3n) is 9.91. The summed E-state index contributed by atoms with van der Waals surface area (Å²) < 4.78 is 63.1. The molecular formula is C35H28F3N5O8. The maximum Gasteiger partial charge on any atom is 0.432 e. The average Bonchev–Trinajstić information content (AvgIpc) is 3.57. The zero-order valence-corrected chi connectivity index (χ0v) is 27.4. The highest BCUT2D eigenvalue weighted by Crippen LogP contribution is 2.68. The number of rotatable bonds is 7. The third-order valence-corrected chi connectivity index (χ3v) is 9.91. The van der Waals surface area contributed by atoms with E-state index in [1.165, 1.54) is 32.3 Å². The van der Waals surface area contributed by atoms with Crippen molar-refractivity contribution in [2.24, 2.45) is 5.92 Å². The number of carbonyl (C=O) groups excluding carboxylic acids is 4. The Morgan fingerprint density at radius 1 is 0.922 bits per heavy atom. The number of ether oxygens (including phenoxy) is 4. The lowest BCUT2D eigenvalue weighted by Gasteiger charge is -2.28. The van der Waals surface area contributed by atoms with Gasteiger partial charge >= 0.3 is 12.1 Å². The molecule has 1 aliphatic heterocycles. The molecule has 0 bridgehead atoms. The van der Waals surface area contributed by atoms with Crippen LogP contribution in [0.15, 0.2) is 48.2 Å². The van der Waals surface area contributed by atoms with Crippen LogP contribution in [0.25, 0.3) is 21.8 Å². The van der Waals surface area contributed by atoms with E-state index in [2.05, 4.69) is 20.3 Å². The monoisotopic (exact) mass is 703 g/mol. The number of benzene rings is 2. The number of hydrogen-bond donors (Lipinski definition) is 4. The number of H-pyrrole nitrogens is 3. The van der Waals surface area contributed by atoms with Crippen molar-refractivity contribution in [2.75, 3.05) is 40.3 Å². The third kappa shape index (κ3) is 4.54. The number of aromatic nitrogens is 3. The van der Waals surface area contributed by atoms with Gasteiger partial charge in [-0.25, -0.2) is 4.79 Å². The minimum Gasteiger partial charge on any atom is -0.493 e. The van der Waals surface area contributed by atoms with E-state index < -0.39 is 46.4 Å². The van der Waals surface area contributed by atoms with E-state index in [1.54, 1.807) is 36.4 Å². The van der Waals surface area contributed by atoms with Gasteiger partial charge in [0.05, 0.1) is 45.2 Å². The van der Waals surface area contributed by atoms with E-state index in [1.807, 2.05) is 0 Å². The largest absolute Gasteiger partial charge is 0.493 e. The molecule has 0 unspecified atom stereocenters. The molecule has 1 saturated carbocycles. The van der Waals surface area contributed by atoms with Gasteiger partial charge < -0.3 is 44.1 Å². The number of piperidine rings is 1. The number of methoxy groups -OCH3 is 4. The van der Waals surface area contributed by atoms with Gasteiger partial charge in [-0.2, -0.15) is 13.2 Å². The Balaban J connectivity index is 1.07. The molecule has 1 spiro atoms. The highest BCUT2D eigenvalue weighted by Gasteiger charge is 2.69. The zero-order chi connectivity index (χ0) is 36.1. The van der Waals surface area contributed by atoms with Crippen molar-refractivity contribution in [3.05, 3.63) is 82.1 Å². The predicted molar refractivity (Wildman–Crippen MR) is 175 cm³/mol. The summed E-state index contributed by atoms with van der Waals surface area (Å²) in [5, 5.41) is 4.09. The first-order valence-electron chi connectivity index (χ1n) is 15.6. The molecule has 2 aliphatic carbocycles. The van der Waals surface area contributed by atoms with Crippen molar-refractivity contribution in [3.8, 4) is 17.2 Å². The average molecular weight is 704 g/mol. The van der Waals surface area contributed by atoms with Crippen LogP contribution in [0.2, 0.25) is 0 Å². The number of nitrogens with zero attached hydrogens (tertiary/aromatic N) is 1. The first-order chi connectivity index (χ1) is 24.3. The highest BCUT2D eigenvalue weighted by molar-refractivity contribution is 6.12. The maximum atomic E-state index is 14.0. The number of ketones is 1. The molecule has 51 heavy (non-hydrogen) atoms. The van der Waals surface area contributed by atoms with Gasteiger partial charge in [0.1, 0.15) is 17.1 Å². The zero-order valence-electron chi connectivity index (χ0n) is 27.4. The van der Waals surface area contributed by atoms with Crippen molar-refractivity contribution in [1.29, 1.82) is 0 Å². The molecule has 2 aromatic carbocycles. The summed E-state index contributed by atoms with van der Waals surface area (Å²) in [4.78, 5) is 62.7. The lowest BCUT2D eigenvalue weighted by molar-refractivity contribution is -0.141. The first kappa shape index (κ1) is 32.0. The van der Waals surface area contributed by atoms with E-state index in [0.29, 0.717) is 51.2 Å². The van der Waals surface area contributed by atoms with Crippen molar-refractivity contribution in [2.45, 2.75) is 18.0 Å². The second-order valence-electron chi connectivity index (χ2n) is 12.5. The number of amides is 2. The molecule has 4 heterocycles. The Morgan fingerprint density at radius 2 is 1.67 bits per heavy atom. The van der Waals surface area contributed by atoms with Gasteiger partial charge in [-0.15, -0.1) is 0 Å². The summed E-state index contributed by atoms with van der Waals surface area (Å²) in [5.41, 5.74) is -1.41. The number of aromatic amines is 3. The van der Waals surface area contributed by atoms with Crippen LogP contribution in [0.4, 0.5) is 18.9 Å². The van der Waals surface area contributed by atoms with Gasteiger partial charge in [0.2, 0.25) is 11.5 Å². The van der Waals surface area contributed by atoms with Crippen LogP contribution in [0, 0.1) is 5.92 Å². The number of esters is 1. The normalized spacial score (nSPS) is 19.0. The molecule has 2 amide bonds. The van der Waals surface area contributed by atoms with E-state index in [0.717, 1.165) is 7.11 Å². The number of fused-ring (bicyclic) bond motifs is 3. The molecule has 2 atom stereocenters. The number of allylic oxidation sites excluding steroid dienone is 2. The molecule has 2 fully saturated rings. The summed E-state index contributed by atoms with van der Waals surface area (Å²) in [6.45, 7) is 0.133. The van der Waals surface area contributed by atoms with Crippen molar-refractivity contribution in [3.63, 3.8) is 0 Å². The van der Waals surface area contributed by atoms with Gasteiger partial charge in [-0.05, 0) is 48.7 Å². The van der Waals surface area contributed by atoms with Crippen LogP contribution in [0.3, 0.4) is 0 Å². The molecule has 3 aliphatic rings. The van der Waals surface area contributed by atoms with Crippen LogP contribution < -0.4 is 19.5 Å². The van der Waals surface area contributed by atoms with E-state index in [4.69, 9.17) is 18.9 Å². The summed E-state index contributed by atoms with van der Waals surface area (Å²) >= 11 is 0. The molecular weight excluding hydrogens is 675 g/mol. The Morgan fingerprint density at radius 3 is 2.35 bits per heavy atom. The van der Waals surface area contributed by atoms with Gasteiger partial charge in [0.15, 0.2) is 11.5 Å². The van der Waals surface area contributed by atoms with Crippen LogP contribution in [-0.2, 0) is 16.3 Å². The molecule has 5 aromatic rings. The Labute approximate surface area is 285 Å². The van der Waals surface area contributed by atoms with Gasteiger partial charge in [-0.3, -0.25) is 14.4 Å². The van der Waals surface area contributed by atoms with Gasteiger partial charge in [-0.1, -0.05) is 0 Å². The van der Waals surface area contributed by atoms with Gasteiger partial charge in [0, 0.05) is 51.3 Å². The molecule has 4 N–H and O–H groups in total. The van der Waals surface area contributed by atoms with Crippen LogP contribution in [0.5, 0.6) is 17.2 Å². The van der Waals surface area contributed by atoms with Crippen LogP contribution in [-0.4, -0.2) is 78.4 Å². The topological polar surface area (TPSA) is 168 Å². The predicted octanol–water partition coefficient (Wildman–Crippen LogP) is 5.55. The molecule has 8 rings (SSSR count). The number of likely N-dealkylation sites (tertiary alicyclic amines) is 1. The second kappa shape index (κ2) is 10.9. The van der Waals surface area contributed by atoms with Crippen molar-refractivity contribution < 1.29 is 51.3 Å². The number of alkyl halides is 3. The highest BCUT2D eigenvalue weighted by atomic mass is 19.4. The fourth-order valence-corrected chi connectivity index (χ4v) is 7.64. The number of nitrogens with one attached hydrogen (secondary N) is 4. The van der Waals surface area contributed by atoms with Crippen molar-refractivity contribution in [1.82, 2.24) is 19.9 Å². The fourth-order valence-electron chi connectivity index (χ4n) is 7.64. The first-order valence-corrected chi connectivity index (χ1v) is 15.6. The number of halogens is 3. The SMILES string of the molecule is COC(=O)c1c(C(F)(F)F)[nH]c2c1[C@]13C[C@@H]1CN(C(=O)c1cc4cc(NC(=O)c5cc6cc(OC)c(OC)c(OC)c6[nH]5)ccc4[nH]1)C3=CC2=O. The minimum absolute atomic E-state index is 0.0758. The van der Waals surface area contributed by atoms with E-state index >= 15 is 0 Å². The summed E-state index contributed by atoms with van der Waals surface area (Å²) in [5.74, 6) is -2.09. The smallest absolute Gasteiger partial charge is 0.432 e. The molecule has 13 nitrogen and oxygen atoms in total. The van der Waals surface area contributed by atoms with Gasteiger partial charge in [0.25, 0.3) is 11.8 Å².